The summed E-state index contributed by atoms with van der Waals surface area (Å²) >= 11 is 0. The van der Waals surface area contributed by atoms with Gasteiger partial charge in [0.1, 0.15) is 5.75 Å². The lowest BCUT2D eigenvalue weighted by atomic mass is 9.95. The molecule has 4 nitrogen and oxygen atoms in total. The summed E-state index contributed by atoms with van der Waals surface area (Å²) in [4.78, 5) is 14.3. The lowest BCUT2D eigenvalue weighted by molar-refractivity contribution is 0.0972. The highest BCUT2D eigenvalue weighted by atomic mass is 19.1. The highest BCUT2D eigenvalue weighted by Gasteiger charge is 2.30. The van der Waals surface area contributed by atoms with E-state index in [0.717, 1.165) is 36.2 Å². The first-order chi connectivity index (χ1) is 10.5. The smallest absolute Gasteiger partial charge is 0.262 e. The molecule has 0 unspecified atom stereocenters. The van der Waals surface area contributed by atoms with Crippen molar-refractivity contribution in [1.82, 2.24) is 0 Å². The van der Waals surface area contributed by atoms with Gasteiger partial charge in [-0.1, -0.05) is 18.2 Å². The molecule has 0 saturated heterocycles. The number of phenolic OH excluding ortho intramolecular Hbond substituents is 2. The van der Waals surface area contributed by atoms with Gasteiger partial charge in [0, 0.05) is 17.8 Å². The number of rotatable bonds is 1. The number of amides is 1. The van der Waals surface area contributed by atoms with Crippen LogP contribution < -0.4 is 4.90 Å². The minimum atomic E-state index is -0.931. The van der Waals surface area contributed by atoms with Crippen LogP contribution in [0.5, 0.6) is 11.5 Å². The summed E-state index contributed by atoms with van der Waals surface area (Å²) in [7, 11) is 0. The molecule has 5 heteroatoms. The summed E-state index contributed by atoms with van der Waals surface area (Å²) < 4.78 is 13.5. The van der Waals surface area contributed by atoms with Crippen molar-refractivity contribution in [2.75, 3.05) is 4.90 Å². The Morgan fingerprint density at radius 2 is 1.95 bits per heavy atom. The van der Waals surface area contributed by atoms with E-state index in [9.17, 15) is 19.4 Å². The molecule has 1 aliphatic rings. The Labute approximate surface area is 127 Å². The standard InChI is InChI=1S/C17H16FNO3/c1-10-6-7-11-4-2-3-5-14(11)19(10)17(22)12-8-13(18)16(21)9-15(12)20/h2-5,8-10,20-21H,6-7H2,1H3/t10-/m0/s1. The summed E-state index contributed by atoms with van der Waals surface area (Å²) in [6.45, 7) is 1.92. The molecule has 1 atom stereocenters. The summed E-state index contributed by atoms with van der Waals surface area (Å²) in [6.07, 6.45) is 1.67. The van der Waals surface area contributed by atoms with Crippen LogP contribution in [0.1, 0.15) is 29.3 Å². The fourth-order valence-corrected chi connectivity index (χ4v) is 2.85. The number of anilines is 1. The number of aromatic hydroxyl groups is 2. The van der Waals surface area contributed by atoms with Crippen LogP contribution in [-0.2, 0) is 6.42 Å². The number of halogens is 1. The molecule has 0 aromatic heterocycles. The fourth-order valence-electron chi connectivity index (χ4n) is 2.85. The van der Waals surface area contributed by atoms with E-state index < -0.39 is 23.2 Å². The molecule has 1 heterocycles. The average Bonchev–Trinajstić information content (AvgIpc) is 2.50. The normalized spacial score (nSPS) is 17.2. The first-order valence-corrected chi connectivity index (χ1v) is 7.12. The monoisotopic (exact) mass is 301 g/mol. The molecule has 0 bridgehead atoms. The lowest BCUT2D eigenvalue weighted by Crippen LogP contribution is -2.42. The molecular weight excluding hydrogens is 285 g/mol. The summed E-state index contributed by atoms with van der Waals surface area (Å²) in [5.74, 6) is -2.52. The minimum absolute atomic E-state index is 0.0568. The van der Waals surface area contributed by atoms with E-state index in [4.69, 9.17) is 0 Å². The molecular formula is C17H16FNO3. The predicted molar refractivity (Wildman–Crippen MR) is 80.8 cm³/mol. The second-order valence-corrected chi connectivity index (χ2v) is 5.51. The Kier molecular flexibility index (Phi) is 3.48. The van der Waals surface area contributed by atoms with Gasteiger partial charge in [-0.05, 0) is 37.5 Å². The zero-order valence-electron chi connectivity index (χ0n) is 12.1. The topological polar surface area (TPSA) is 60.8 Å². The Balaban J connectivity index is 2.07. The van der Waals surface area contributed by atoms with Crippen molar-refractivity contribution >= 4 is 11.6 Å². The summed E-state index contributed by atoms with van der Waals surface area (Å²) in [5, 5.41) is 19.1. The van der Waals surface area contributed by atoms with Crippen molar-refractivity contribution in [3.05, 3.63) is 53.3 Å². The molecule has 1 aliphatic heterocycles. The van der Waals surface area contributed by atoms with Crippen LogP contribution in [0.2, 0.25) is 0 Å². The largest absolute Gasteiger partial charge is 0.507 e. The molecule has 2 aromatic carbocycles. The number of hydrogen-bond donors (Lipinski definition) is 2. The van der Waals surface area contributed by atoms with Crippen LogP contribution in [0, 0.1) is 5.82 Å². The zero-order chi connectivity index (χ0) is 15.9. The Hall–Kier alpha value is -2.56. The third kappa shape index (κ3) is 2.28. The van der Waals surface area contributed by atoms with E-state index in [2.05, 4.69) is 0 Å². The highest BCUT2D eigenvalue weighted by molar-refractivity contribution is 6.09. The molecule has 0 radical (unpaired) electrons. The fraction of sp³-hybridized carbons (Fsp3) is 0.235. The Morgan fingerprint density at radius 1 is 1.23 bits per heavy atom. The molecule has 22 heavy (non-hydrogen) atoms. The van der Waals surface area contributed by atoms with Crippen LogP contribution in [0.25, 0.3) is 0 Å². The Morgan fingerprint density at radius 3 is 2.73 bits per heavy atom. The number of para-hydroxylation sites is 1. The van der Waals surface area contributed by atoms with Crippen molar-refractivity contribution in [3.63, 3.8) is 0 Å². The molecule has 2 N–H and O–H groups in total. The molecule has 1 amide bonds. The van der Waals surface area contributed by atoms with Crippen molar-refractivity contribution in [3.8, 4) is 11.5 Å². The van der Waals surface area contributed by atoms with Gasteiger partial charge < -0.3 is 15.1 Å². The summed E-state index contributed by atoms with van der Waals surface area (Å²) in [5.41, 5.74) is 1.67. The van der Waals surface area contributed by atoms with Crippen molar-refractivity contribution in [2.45, 2.75) is 25.8 Å². The molecule has 2 aromatic rings. The van der Waals surface area contributed by atoms with Crippen LogP contribution in [0.15, 0.2) is 36.4 Å². The maximum absolute atomic E-state index is 13.5. The number of benzene rings is 2. The van der Waals surface area contributed by atoms with Crippen LogP contribution in [-0.4, -0.2) is 22.2 Å². The molecule has 114 valence electrons. The minimum Gasteiger partial charge on any atom is -0.507 e. The average molecular weight is 301 g/mol. The van der Waals surface area contributed by atoms with Gasteiger partial charge in [-0.15, -0.1) is 0 Å². The van der Waals surface area contributed by atoms with Crippen molar-refractivity contribution < 1.29 is 19.4 Å². The Bertz CT molecular complexity index is 745. The molecule has 0 fully saturated rings. The first-order valence-electron chi connectivity index (χ1n) is 7.12. The van der Waals surface area contributed by atoms with Crippen LogP contribution in [0.3, 0.4) is 0 Å². The van der Waals surface area contributed by atoms with Crippen molar-refractivity contribution in [2.24, 2.45) is 0 Å². The zero-order valence-corrected chi connectivity index (χ0v) is 12.1. The number of carbonyl (C=O) groups excluding carboxylic acids is 1. The number of aryl methyl sites for hydroxylation is 1. The van der Waals surface area contributed by atoms with E-state index in [1.807, 2.05) is 31.2 Å². The predicted octanol–water partition coefficient (Wildman–Crippen LogP) is 3.22. The maximum atomic E-state index is 13.5. The van der Waals surface area contributed by atoms with Gasteiger partial charge >= 0.3 is 0 Å². The van der Waals surface area contributed by atoms with Gasteiger partial charge in [-0.2, -0.15) is 0 Å². The third-order valence-electron chi connectivity index (χ3n) is 4.04. The van der Waals surface area contributed by atoms with Gasteiger partial charge in [0.05, 0.1) is 5.56 Å². The highest BCUT2D eigenvalue weighted by Crippen LogP contribution is 2.34. The van der Waals surface area contributed by atoms with Gasteiger partial charge in [0.25, 0.3) is 5.91 Å². The number of fused-ring (bicyclic) bond motifs is 1. The first kappa shape index (κ1) is 14.4. The number of phenols is 2. The van der Waals surface area contributed by atoms with Gasteiger partial charge in [-0.3, -0.25) is 4.79 Å². The number of nitrogens with zero attached hydrogens (tertiary/aromatic N) is 1. The SMILES string of the molecule is C[C@H]1CCc2ccccc2N1C(=O)c1cc(F)c(O)cc1O. The molecule has 0 spiro atoms. The van der Waals surface area contributed by atoms with E-state index in [1.165, 1.54) is 0 Å². The molecule has 0 aliphatic carbocycles. The van der Waals surface area contributed by atoms with E-state index in [0.29, 0.717) is 0 Å². The van der Waals surface area contributed by atoms with E-state index in [-0.39, 0.29) is 11.6 Å². The molecule has 3 rings (SSSR count). The second-order valence-electron chi connectivity index (χ2n) is 5.51. The van der Waals surface area contributed by atoms with Gasteiger partial charge in [-0.25, -0.2) is 4.39 Å². The van der Waals surface area contributed by atoms with Crippen molar-refractivity contribution in [1.29, 1.82) is 0 Å². The van der Waals surface area contributed by atoms with E-state index in [1.54, 1.807) is 4.90 Å². The van der Waals surface area contributed by atoms with Crippen LogP contribution >= 0.6 is 0 Å². The van der Waals surface area contributed by atoms with Gasteiger partial charge in [0.15, 0.2) is 11.6 Å². The third-order valence-corrected chi connectivity index (χ3v) is 4.04. The quantitative estimate of drug-likeness (QED) is 0.850. The van der Waals surface area contributed by atoms with Gasteiger partial charge in [0.2, 0.25) is 0 Å². The number of carbonyl (C=O) groups is 1. The van der Waals surface area contributed by atoms with Crippen LogP contribution in [0.4, 0.5) is 10.1 Å². The maximum Gasteiger partial charge on any atom is 0.262 e. The molecule has 0 saturated carbocycles. The second kappa shape index (κ2) is 5.33. The van der Waals surface area contributed by atoms with E-state index >= 15 is 0 Å². The summed E-state index contributed by atoms with van der Waals surface area (Å²) in [6, 6.07) is 9.22. The lowest BCUT2D eigenvalue weighted by Gasteiger charge is -2.35. The number of hydrogen-bond acceptors (Lipinski definition) is 3.